The van der Waals surface area contributed by atoms with Crippen LogP contribution in [0.5, 0.6) is 0 Å². The van der Waals surface area contributed by atoms with Crippen molar-refractivity contribution >= 4 is 34.7 Å². The van der Waals surface area contributed by atoms with E-state index < -0.39 is 0 Å². The van der Waals surface area contributed by atoms with E-state index in [4.69, 9.17) is 5.73 Å². The maximum Gasteiger partial charge on any atom is 0.193 e. The number of benzene rings is 1. The van der Waals surface area contributed by atoms with Crippen LogP contribution in [0.25, 0.3) is 0 Å². The third kappa shape index (κ3) is 4.21. The molecule has 0 saturated heterocycles. The van der Waals surface area contributed by atoms with Crippen molar-refractivity contribution in [1.82, 2.24) is 10.2 Å². The summed E-state index contributed by atoms with van der Waals surface area (Å²) in [5.41, 5.74) is 8.09. The molecular formula is C13H17N5S2. The van der Waals surface area contributed by atoms with E-state index in [2.05, 4.69) is 39.6 Å². The minimum absolute atomic E-state index is 0.388. The van der Waals surface area contributed by atoms with Gasteiger partial charge in [0, 0.05) is 5.69 Å². The summed E-state index contributed by atoms with van der Waals surface area (Å²) in [7, 11) is 0. The summed E-state index contributed by atoms with van der Waals surface area (Å²) >= 11 is 3.12. The molecule has 0 unspecified atom stereocenters. The standard InChI is InChI=1S/C13H17N5S2/c1-3-9-5-4-6-10(7-9)16-12(14)15-8-11-17-18-13(19-2)20-11/h4-7H,3,8H2,1-2H3,(H3,14,15,16). The largest absolute Gasteiger partial charge is 0.370 e. The van der Waals surface area contributed by atoms with Crippen molar-refractivity contribution in [1.29, 1.82) is 0 Å². The number of nitrogens with two attached hydrogens (primary N) is 1. The van der Waals surface area contributed by atoms with Gasteiger partial charge in [-0.05, 0) is 30.4 Å². The molecule has 106 valence electrons. The van der Waals surface area contributed by atoms with Crippen molar-refractivity contribution in [3.8, 4) is 0 Å². The Balaban J connectivity index is 1.96. The Labute approximate surface area is 126 Å². The number of guanidine groups is 1. The molecule has 20 heavy (non-hydrogen) atoms. The summed E-state index contributed by atoms with van der Waals surface area (Å²) in [5.74, 6) is 0.388. The Morgan fingerprint density at radius 2 is 2.30 bits per heavy atom. The monoisotopic (exact) mass is 307 g/mol. The number of anilines is 1. The molecule has 0 atom stereocenters. The molecule has 3 N–H and O–H groups in total. The fourth-order valence-corrected chi connectivity index (χ4v) is 2.83. The highest BCUT2D eigenvalue weighted by Gasteiger charge is 2.02. The molecule has 1 aromatic carbocycles. The van der Waals surface area contributed by atoms with Gasteiger partial charge >= 0.3 is 0 Å². The zero-order valence-electron chi connectivity index (χ0n) is 11.5. The topological polar surface area (TPSA) is 76.2 Å². The molecule has 5 nitrogen and oxygen atoms in total. The number of rotatable bonds is 5. The van der Waals surface area contributed by atoms with Gasteiger partial charge in [-0.3, -0.25) is 0 Å². The third-order valence-electron chi connectivity index (χ3n) is 2.62. The molecule has 0 aliphatic heterocycles. The van der Waals surface area contributed by atoms with Crippen LogP contribution < -0.4 is 11.1 Å². The fraction of sp³-hybridized carbons (Fsp3) is 0.308. The molecule has 1 heterocycles. The second-order valence-electron chi connectivity index (χ2n) is 4.05. The van der Waals surface area contributed by atoms with Crippen LogP contribution in [0.3, 0.4) is 0 Å². The SMILES string of the molecule is CCc1cccc(NC(N)=NCc2nnc(SC)s2)c1. The molecule has 0 radical (unpaired) electrons. The van der Waals surface area contributed by atoms with Gasteiger partial charge in [-0.25, -0.2) is 4.99 Å². The van der Waals surface area contributed by atoms with Gasteiger partial charge in [0.2, 0.25) is 0 Å². The Hall–Kier alpha value is -1.60. The fourth-order valence-electron chi connectivity index (χ4n) is 1.59. The predicted molar refractivity (Wildman–Crippen MR) is 86.5 cm³/mol. The first kappa shape index (κ1) is 14.8. The van der Waals surface area contributed by atoms with Crippen molar-refractivity contribution in [3.63, 3.8) is 0 Å². The lowest BCUT2D eigenvalue weighted by Gasteiger charge is -2.06. The quantitative estimate of drug-likeness (QED) is 0.504. The highest BCUT2D eigenvalue weighted by Crippen LogP contribution is 2.19. The Bertz CT molecular complexity index is 594. The van der Waals surface area contributed by atoms with Gasteiger partial charge in [0.1, 0.15) is 5.01 Å². The number of nitrogens with zero attached hydrogens (tertiary/aromatic N) is 3. The smallest absolute Gasteiger partial charge is 0.193 e. The van der Waals surface area contributed by atoms with Crippen LogP contribution >= 0.6 is 23.1 Å². The van der Waals surface area contributed by atoms with E-state index in [-0.39, 0.29) is 0 Å². The first-order valence-corrected chi connectivity index (χ1v) is 8.27. The summed E-state index contributed by atoms with van der Waals surface area (Å²) in [6.07, 6.45) is 2.97. The van der Waals surface area contributed by atoms with E-state index in [1.54, 1.807) is 11.8 Å². The summed E-state index contributed by atoms with van der Waals surface area (Å²) in [6.45, 7) is 2.57. The maximum atomic E-state index is 5.87. The summed E-state index contributed by atoms with van der Waals surface area (Å²) < 4.78 is 0.942. The highest BCUT2D eigenvalue weighted by atomic mass is 32.2. The molecule has 7 heteroatoms. The van der Waals surface area contributed by atoms with E-state index in [1.165, 1.54) is 16.9 Å². The molecule has 0 bridgehead atoms. The summed E-state index contributed by atoms with van der Waals surface area (Å²) in [5, 5.41) is 12.0. The van der Waals surface area contributed by atoms with Gasteiger partial charge < -0.3 is 11.1 Å². The first-order valence-electron chi connectivity index (χ1n) is 6.23. The molecule has 2 rings (SSSR count). The van der Waals surface area contributed by atoms with Gasteiger partial charge in [-0.2, -0.15) is 0 Å². The van der Waals surface area contributed by atoms with Gasteiger partial charge in [0.05, 0.1) is 6.54 Å². The van der Waals surface area contributed by atoms with Crippen LogP contribution in [0.2, 0.25) is 0 Å². The van der Waals surface area contributed by atoms with Crippen molar-refractivity contribution in [2.75, 3.05) is 11.6 Å². The number of hydrogen-bond donors (Lipinski definition) is 2. The zero-order valence-corrected chi connectivity index (χ0v) is 13.1. The number of aliphatic imine (C=N–C) groups is 1. The third-order valence-corrected chi connectivity index (χ3v) is 4.50. The van der Waals surface area contributed by atoms with Crippen molar-refractivity contribution < 1.29 is 0 Å². The Morgan fingerprint density at radius 3 is 3.00 bits per heavy atom. The van der Waals surface area contributed by atoms with Crippen molar-refractivity contribution in [2.45, 2.75) is 24.2 Å². The van der Waals surface area contributed by atoms with E-state index >= 15 is 0 Å². The second kappa shape index (κ2) is 7.25. The Kier molecular flexibility index (Phi) is 5.37. The Morgan fingerprint density at radius 1 is 1.45 bits per heavy atom. The number of aromatic nitrogens is 2. The molecule has 0 fully saturated rings. The molecule has 0 aliphatic carbocycles. The molecule has 2 aromatic rings. The molecule has 0 saturated carbocycles. The minimum atomic E-state index is 0.388. The van der Waals surface area contributed by atoms with E-state index in [9.17, 15) is 0 Å². The summed E-state index contributed by atoms with van der Waals surface area (Å²) in [6, 6.07) is 8.13. The van der Waals surface area contributed by atoms with Crippen LogP contribution in [0.15, 0.2) is 33.6 Å². The normalized spacial score (nSPS) is 11.6. The van der Waals surface area contributed by atoms with Crippen LogP contribution in [0.1, 0.15) is 17.5 Å². The van der Waals surface area contributed by atoms with Crippen LogP contribution in [-0.4, -0.2) is 22.4 Å². The average molecular weight is 307 g/mol. The maximum absolute atomic E-state index is 5.87. The number of nitrogens with one attached hydrogen (secondary N) is 1. The lowest BCUT2D eigenvalue weighted by atomic mass is 10.1. The first-order chi connectivity index (χ1) is 9.71. The van der Waals surface area contributed by atoms with Gasteiger partial charge in [0.25, 0.3) is 0 Å². The number of hydrogen-bond acceptors (Lipinski definition) is 5. The highest BCUT2D eigenvalue weighted by molar-refractivity contribution is 8.00. The lowest BCUT2D eigenvalue weighted by Crippen LogP contribution is -2.22. The molecule has 0 amide bonds. The number of thioether (sulfide) groups is 1. The van der Waals surface area contributed by atoms with Crippen molar-refractivity contribution in [3.05, 3.63) is 34.8 Å². The van der Waals surface area contributed by atoms with Gasteiger partial charge in [-0.1, -0.05) is 42.2 Å². The van der Waals surface area contributed by atoms with Crippen LogP contribution in [0, 0.1) is 0 Å². The van der Waals surface area contributed by atoms with E-state index in [1.807, 2.05) is 18.4 Å². The second-order valence-corrected chi connectivity index (χ2v) is 6.16. The predicted octanol–water partition coefficient (Wildman–Crippen LogP) is 2.75. The van der Waals surface area contributed by atoms with Gasteiger partial charge in [-0.15, -0.1) is 10.2 Å². The molecule has 1 aromatic heterocycles. The van der Waals surface area contributed by atoms with Gasteiger partial charge in [0.15, 0.2) is 10.3 Å². The molecular weight excluding hydrogens is 290 g/mol. The lowest BCUT2D eigenvalue weighted by molar-refractivity contribution is 0.926. The van der Waals surface area contributed by atoms with E-state index in [0.717, 1.165) is 21.5 Å². The van der Waals surface area contributed by atoms with Crippen molar-refractivity contribution in [2.24, 2.45) is 10.7 Å². The molecule has 0 spiro atoms. The van der Waals surface area contributed by atoms with Crippen LogP contribution in [-0.2, 0) is 13.0 Å². The van der Waals surface area contributed by atoms with Crippen LogP contribution in [0.4, 0.5) is 5.69 Å². The minimum Gasteiger partial charge on any atom is -0.370 e. The zero-order chi connectivity index (χ0) is 14.4. The molecule has 0 aliphatic rings. The average Bonchev–Trinajstić information content (AvgIpc) is 2.93. The summed E-state index contributed by atoms with van der Waals surface area (Å²) in [4.78, 5) is 4.27. The number of aryl methyl sites for hydroxylation is 1. The van der Waals surface area contributed by atoms with E-state index in [0.29, 0.717) is 12.5 Å².